The summed E-state index contributed by atoms with van der Waals surface area (Å²) in [6, 6.07) is 9.07. The third-order valence-corrected chi connectivity index (χ3v) is 5.80. The van der Waals surface area contributed by atoms with Gasteiger partial charge in [0, 0.05) is 52.7 Å². The van der Waals surface area contributed by atoms with Gasteiger partial charge in [0.1, 0.15) is 6.04 Å². The molecule has 0 bridgehead atoms. The van der Waals surface area contributed by atoms with Gasteiger partial charge in [0.15, 0.2) is 5.88 Å². The molecule has 0 spiro atoms. The monoisotopic (exact) mass is 474 g/mol. The van der Waals surface area contributed by atoms with Crippen LogP contribution >= 0.6 is 23.2 Å². The number of aromatic nitrogens is 1. The summed E-state index contributed by atoms with van der Waals surface area (Å²) in [6.45, 7) is 0.246. The van der Waals surface area contributed by atoms with Gasteiger partial charge in [-0.05, 0) is 36.2 Å². The molecule has 2 heterocycles. The molecule has 10 heteroatoms. The summed E-state index contributed by atoms with van der Waals surface area (Å²) >= 11 is 12.0. The van der Waals surface area contributed by atoms with Crippen LogP contribution in [-0.4, -0.2) is 39.5 Å². The van der Waals surface area contributed by atoms with Gasteiger partial charge in [-0.1, -0.05) is 35.3 Å². The number of piperidine rings is 1. The number of nitrogens with one attached hydrogen (secondary N) is 2. The molecule has 4 amide bonds. The number of anilines is 1. The fourth-order valence-electron chi connectivity index (χ4n) is 3.80. The zero-order chi connectivity index (χ0) is 23.0. The average Bonchev–Trinajstić information content (AvgIpc) is 3.05. The van der Waals surface area contributed by atoms with E-state index in [2.05, 4.69) is 10.6 Å². The summed E-state index contributed by atoms with van der Waals surface area (Å²) in [6.07, 6.45) is 2.19. The second kappa shape index (κ2) is 8.72. The molecule has 1 aromatic heterocycles. The normalized spacial score (nSPS) is 16.2. The molecular formula is C22H20Cl2N4O4. The number of rotatable bonds is 4. The van der Waals surface area contributed by atoms with Crippen LogP contribution in [0.1, 0.15) is 24.4 Å². The minimum absolute atomic E-state index is 0.0583. The Morgan fingerprint density at radius 3 is 2.62 bits per heavy atom. The average molecular weight is 475 g/mol. The van der Waals surface area contributed by atoms with E-state index < -0.39 is 11.9 Å². The van der Waals surface area contributed by atoms with Crippen LogP contribution in [0.5, 0.6) is 5.88 Å². The number of urea groups is 1. The molecule has 1 atom stereocenters. The summed E-state index contributed by atoms with van der Waals surface area (Å²) in [5, 5.41) is 17.9. The van der Waals surface area contributed by atoms with Crippen molar-refractivity contribution in [2.24, 2.45) is 0 Å². The van der Waals surface area contributed by atoms with E-state index in [0.717, 1.165) is 5.56 Å². The molecule has 1 aliphatic rings. The first-order valence-corrected chi connectivity index (χ1v) is 10.6. The fourth-order valence-corrected chi connectivity index (χ4v) is 4.32. The number of benzene rings is 2. The Morgan fingerprint density at radius 1 is 1.22 bits per heavy atom. The maximum atomic E-state index is 12.7. The van der Waals surface area contributed by atoms with Crippen molar-refractivity contribution in [3.8, 4) is 5.88 Å². The number of hydrogen-bond donors (Lipinski definition) is 3. The molecule has 0 radical (unpaired) electrons. The van der Waals surface area contributed by atoms with Crippen LogP contribution in [0.25, 0.3) is 10.8 Å². The van der Waals surface area contributed by atoms with Gasteiger partial charge >= 0.3 is 6.03 Å². The van der Waals surface area contributed by atoms with Gasteiger partial charge in [-0.15, -0.1) is 0 Å². The van der Waals surface area contributed by atoms with Crippen molar-refractivity contribution in [3.05, 3.63) is 58.2 Å². The summed E-state index contributed by atoms with van der Waals surface area (Å²) < 4.78 is 1.48. The van der Waals surface area contributed by atoms with Gasteiger partial charge in [0.05, 0.1) is 0 Å². The predicted octanol–water partition coefficient (Wildman–Crippen LogP) is 4.30. The first kappa shape index (κ1) is 22.0. The van der Waals surface area contributed by atoms with Gasteiger partial charge in [-0.3, -0.25) is 14.9 Å². The third kappa shape index (κ3) is 4.37. The van der Waals surface area contributed by atoms with Crippen molar-refractivity contribution in [1.82, 2.24) is 14.8 Å². The summed E-state index contributed by atoms with van der Waals surface area (Å²) in [5.41, 5.74) is 1.25. The Morgan fingerprint density at radius 2 is 1.94 bits per heavy atom. The van der Waals surface area contributed by atoms with E-state index in [1.165, 1.54) is 9.47 Å². The minimum Gasteiger partial charge on any atom is -0.494 e. The Hall–Kier alpha value is -3.23. The number of halogens is 2. The molecular weight excluding hydrogens is 455 g/mol. The standard InChI is InChI=1S/C22H20Cl2N4O4/c1-27(22(32)25-15-8-13(23)7-14(24)9-15)10-12-3-2-4-16-17(12)11-28(21(16)31)18-5-6-19(29)26-20(18)30/h2-4,7-9,11,18,31H,5-6,10H2,1H3,(H,25,32)(H,26,29,30). The lowest BCUT2D eigenvalue weighted by molar-refractivity contribution is -0.135. The molecule has 0 saturated carbocycles. The second-order valence-corrected chi connectivity index (χ2v) is 8.52. The first-order chi connectivity index (χ1) is 15.2. The van der Waals surface area contributed by atoms with E-state index in [4.69, 9.17) is 23.2 Å². The van der Waals surface area contributed by atoms with E-state index in [0.29, 0.717) is 32.9 Å². The second-order valence-electron chi connectivity index (χ2n) is 7.65. The Balaban J connectivity index is 1.57. The maximum Gasteiger partial charge on any atom is 0.321 e. The minimum atomic E-state index is -0.679. The lowest BCUT2D eigenvalue weighted by Gasteiger charge is -2.22. The Labute approximate surface area is 193 Å². The highest BCUT2D eigenvalue weighted by Gasteiger charge is 2.30. The molecule has 3 N–H and O–H groups in total. The molecule has 2 aromatic carbocycles. The van der Waals surface area contributed by atoms with Crippen LogP contribution in [0, 0.1) is 0 Å². The van der Waals surface area contributed by atoms with Crippen LogP contribution in [0.4, 0.5) is 10.5 Å². The lowest BCUT2D eigenvalue weighted by atomic mass is 10.1. The number of carbonyl (C=O) groups is 3. The van der Waals surface area contributed by atoms with Crippen molar-refractivity contribution in [3.63, 3.8) is 0 Å². The highest BCUT2D eigenvalue weighted by atomic mass is 35.5. The van der Waals surface area contributed by atoms with Crippen molar-refractivity contribution < 1.29 is 19.5 Å². The molecule has 1 saturated heterocycles. The van der Waals surface area contributed by atoms with Crippen LogP contribution in [0.3, 0.4) is 0 Å². The van der Waals surface area contributed by atoms with Gasteiger partial charge in [0.25, 0.3) is 0 Å². The summed E-state index contributed by atoms with van der Waals surface area (Å²) in [7, 11) is 1.64. The highest BCUT2D eigenvalue weighted by molar-refractivity contribution is 6.35. The van der Waals surface area contributed by atoms with Crippen LogP contribution in [-0.2, 0) is 16.1 Å². The molecule has 3 aromatic rings. The summed E-state index contributed by atoms with van der Waals surface area (Å²) in [5.74, 6) is -0.830. The molecule has 1 aliphatic heterocycles. The van der Waals surface area contributed by atoms with Gasteiger partial charge < -0.3 is 19.9 Å². The maximum absolute atomic E-state index is 12.7. The van der Waals surface area contributed by atoms with Crippen molar-refractivity contribution in [1.29, 1.82) is 0 Å². The summed E-state index contributed by atoms with van der Waals surface area (Å²) in [4.78, 5) is 37.9. The number of nitrogens with zero attached hydrogens (tertiary/aromatic N) is 2. The molecule has 8 nitrogen and oxygen atoms in total. The Bertz CT molecular complexity index is 1220. The topological polar surface area (TPSA) is 104 Å². The number of hydrogen-bond acceptors (Lipinski definition) is 4. The molecule has 4 rings (SSSR count). The smallest absolute Gasteiger partial charge is 0.321 e. The molecule has 1 unspecified atom stereocenters. The fraction of sp³-hybridized carbons (Fsp3) is 0.227. The van der Waals surface area contributed by atoms with E-state index in [1.54, 1.807) is 43.6 Å². The van der Waals surface area contributed by atoms with Crippen LogP contribution in [0.2, 0.25) is 10.0 Å². The van der Waals surface area contributed by atoms with Crippen molar-refractivity contribution in [2.75, 3.05) is 12.4 Å². The van der Waals surface area contributed by atoms with E-state index in [1.807, 2.05) is 6.07 Å². The zero-order valence-corrected chi connectivity index (χ0v) is 18.6. The lowest BCUT2D eigenvalue weighted by Crippen LogP contribution is -2.41. The third-order valence-electron chi connectivity index (χ3n) is 5.36. The molecule has 166 valence electrons. The first-order valence-electron chi connectivity index (χ1n) is 9.86. The quantitative estimate of drug-likeness (QED) is 0.490. The van der Waals surface area contributed by atoms with Gasteiger partial charge in [0.2, 0.25) is 11.8 Å². The van der Waals surface area contributed by atoms with Gasteiger partial charge in [-0.2, -0.15) is 0 Å². The largest absolute Gasteiger partial charge is 0.494 e. The van der Waals surface area contributed by atoms with Crippen molar-refractivity contribution >= 4 is 57.5 Å². The zero-order valence-electron chi connectivity index (χ0n) is 17.1. The highest BCUT2D eigenvalue weighted by Crippen LogP contribution is 2.35. The van der Waals surface area contributed by atoms with E-state index in [9.17, 15) is 19.5 Å². The number of imide groups is 1. The van der Waals surface area contributed by atoms with E-state index in [-0.39, 0.29) is 30.8 Å². The SMILES string of the molecule is CN(Cc1cccc2c(O)n(C3CCC(=O)NC3=O)cc12)C(=O)Nc1cc(Cl)cc(Cl)c1. The van der Waals surface area contributed by atoms with Gasteiger partial charge in [-0.25, -0.2) is 4.79 Å². The number of fused-ring (bicyclic) bond motifs is 1. The number of amides is 4. The molecule has 0 aliphatic carbocycles. The van der Waals surface area contributed by atoms with Crippen LogP contribution in [0.15, 0.2) is 42.6 Å². The van der Waals surface area contributed by atoms with Crippen LogP contribution < -0.4 is 10.6 Å². The van der Waals surface area contributed by atoms with Crippen molar-refractivity contribution in [2.45, 2.75) is 25.4 Å². The number of aromatic hydroxyl groups is 1. The Kier molecular flexibility index (Phi) is 5.99. The molecule has 1 fully saturated rings. The van der Waals surface area contributed by atoms with E-state index >= 15 is 0 Å². The number of carbonyl (C=O) groups excluding carboxylic acids is 3. The predicted molar refractivity (Wildman–Crippen MR) is 122 cm³/mol. The molecule has 32 heavy (non-hydrogen) atoms.